The molecular weight excluding hydrogens is 198 g/mol. The van der Waals surface area contributed by atoms with Crippen LogP contribution in [0.4, 0.5) is 0 Å². The highest BCUT2D eigenvalue weighted by Gasteiger charge is 2.02. The van der Waals surface area contributed by atoms with Gasteiger partial charge in [-0.25, -0.2) is 4.98 Å². The van der Waals surface area contributed by atoms with Gasteiger partial charge in [-0.05, 0) is 11.7 Å². The van der Waals surface area contributed by atoms with Gasteiger partial charge in [0, 0.05) is 11.1 Å². The minimum atomic E-state index is 0.707. The molecule has 3 heteroatoms. The molecule has 0 fully saturated rings. The van der Waals surface area contributed by atoms with Crippen LogP contribution in [0.15, 0.2) is 5.38 Å². The maximum absolute atomic E-state index is 4.57. The fraction of sp³-hybridized carbons (Fsp3) is 0.700. The van der Waals surface area contributed by atoms with E-state index in [1.54, 1.807) is 11.3 Å². The second kappa shape index (κ2) is 5.66. The summed E-state index contributed by atoms with van der Waals surface area (Å²) < 4.78 is 0. The number of rotatable bonds is 5. The van der Waals surface area contributed by atoms with Crippen molar-refractivity contribution in [3.8, 4) is 0 Å². The summed E-state index contributed by atoms with van der Waals surface area (Å²) in [6.07, 6.45) is 2.32. The molecule has 0 aliphatic carbocycles. The molecule has 1 rings (SSSR count). The first-order valence-corrected chi connectivity index (χ1v) is 6.70. The van der Waals surface area contributed by atoms with Crippen LogP contribution in [-0.2, 0) is 12.2 Å². The van der Waals surface area contributed by atoms with Gasteiger partial charge < -0.3 is 0 Å². The van der Waals surface area contributed by atoms with Crippen LogP contribution < -0.4 is 0 Å². The SMILES string of the molecule is CCCc1csc(CSC(C)C)n1. The lowest BCUT2D eigenvalue weighted by atomic mass is 10.3. The number of thiazole rings is 1. The van der Waals surface area contributed by atoms with Gasteiger partial charge in [0.25, 0.3) is 0 Å². The van der Waals surface area contributed by atoms with Crippen molar-refractivity contribution in [3.63, 3.8) is 0 Å². The van der Waals surface area contributed by atoms with Crippen LogP contribution in [0.25, 0.3) is 0 Å². The molecule has 0 N–H and O–H groups in total. The van der Waals surface area contributed by atoms with Crippen LogP contribution in [-0.4, -0.2) is 10.2 Å². The molecule has 1 nitrogen and oxygen atoms in total. The lowest BCUT2D eigenvalue weighted by molar-refractivity contribution is 0.887. The van der Waals surface area contributed by atoms with Gasteiger partial charge in [-0.15, -0.1) is 11.3 Å². The van der Waals surface area contributed by atoms with Crippen LogP contribution in [0.2, 0.25) is 0 Å². The Bertz CT molecular complexity index is 243. The molecule has 0 saturated carbocycles. The van der Waals surface area contributed by atoms with Crippen LogP contribution >= 0.6 is 23.1 Å². The molecule has 0 bridgehead atoms. The number of hydrogen-bond donors (Lipinski definition) is 0. The van der Waals surface area contributed by atoms with Crippen molar-refractivity contribution >= 4 is 23.1 Å². The summed E-state index contributed by atoms with van der Waals surface area (Å²) in [5, 5.41) is 4.18. The van der Waals surface area contributed by atoms with Gasteiger partial charge in [-0.3, -0.25) is 0 Å². The molecule has 0 unspecified atom stereocenters. The van der Waals surface area contributed by atoms with E-state index in [0.717, 1.165) is 12.2 Å². The first kappa shape index (κ1) is 11.1. The molecule has 0 amide bonds. The maximum atomic E-state index is 4.57. The van der Waals surface area contributed by atoms with E-state index in [1.165, 1.54) is 17.1 Å². The normalized spacial score (nSPS) is 11.1. The first-order valence-electron chi connectivity index (χ1n) is 4.77. The number of aryl methyl sites for hydroxylation is 1. The molecule has 0 aliphatic rings. The molecule has 0 aliphatic heterocycles. The van der Waals surface area contributed by atoms with Crippen molar-refractivity contribution in [3.05, 3.63) is 16.1 Å². The van der Waals surface area contributed by atoms with E-state index < -0.39 is 0 Å². The zero-order valence-electron chi connectivity index (χ0n) is 8.54. The largest absolute Gasteiger partial charge is 0.245 e. The van der Waals surface area contributed by atoms with Crippen LogP contribution in [0.1, 0.15) is 37.9 Å². The Labute approximate surface area is 89.0 Å². The number of hydrogen-bond acceptors (Lipinski definition) is 3. The molecule has 0 saturated heterocycles. The standard InChI is InChI=1S/C10H17NS2/c1-4-5-9-6-13-10(11-9)7-12-8(2)3/h6,8H,4-5,7H2,1-3H3. The fourth-order valence-corrected chi connectivity index (χ4v) is 2.65. The Kier molecular flexibility index (Phi) is 4.81. The van der Waals surface area contributed by atoms with Gasteiger partial charge in [0.2, 0.25) is 0 Å². The Morgan fingerprint density at radius 3 is 2.92 bits per heavy atom. The zero-order valence-corrected chi connectivity index (χ0v) is 10.2. The third-order valence-corrected chi connectivity index (χ3v) is 3.83. The van der Waals surface area contributed by atoms with Gasteiger partial charge in [0.05, 0.1) is 5.69 Å². The summed E-state index contributed by atoms with van der Waals surface area (Å²) in [5.74, 6) is 1.08. The minimum absolute atomic E-state index is 0.707. The summed E-state index contributed by atoms with van der Waals surface area (Å²) in [7, 11) is 0. The molecule has 74 valence electrons. The van der Waals surface area contributed by atoms with Crippen LogP contribution in [0, 0.1) is 0 Å². The number of thioether (sulfide) groups is 1. The number of aromatic nitrogens is 1. The Morgan fingerprint density at radius 1 is 1.54 bits per heavy atom. The van der Waals surface area contributed by atoms with E-state index in [-0.39, 0.29) is 0 Å². The van der Waals surface area contributed by atoms with Crippen LogP contribution in [0.3, 0.4) is 0 Å². The summed E-state index contributed by atoms with van der Waals surface area (Å²) in [6, 6.07) is 0. The van der Waals surface area contributed by atoms with E-state index in [0.29, 0.717) is 5.25 Å². The lowest BCUT2D eigenvalue weighted by Crippen LogP contribution is -1.89. The average Bonchev–Trinajstić information content (AvgIpc) is 2.50. The van der Waals surface area contributed by atoms with Crippen molar-refractivity contribution in [1.29, 1.82) is 0 Å². The lowest BCUT2D eigenvalue weighted by Gasteiger charge is -2.00. The summed E-state index contributed by atoms with van der Waals surface area (Å²) in [5.41, 5.74) is 1.27. The maximum Gasteiger partial charge on any atom is 0.103 e. The van der Waals surface area contributed by atoms with Crippen molar-refractivity contribution < 1.29 is 0 Å². The Hall–Kier alpha value is -0.0200. The second-order valence-corrected chi connectivity index (χ2v) is 5.85. The highest BCUT2D eigenvalue weighted by atomic mass is 32.2. The van der Waals surface area contributed by atoms with Gasteiger partial charge in [0.15, 0.2) is 0 Å². The molecule has 0 spiro atoms. The first-order chi connectivity index (χ1) is 6.22. The van der Waals surface area contributed by atoms with Gasteiger partial charge >= 0.3 is 0 Å². The van der Waals surface area contributed by atoms with Crippen LogP contribution in [0.5, 0.6) is 0 Å². The van der Waals surface area contributed by atoms with E-state index in [9.17, 15) is 0 Å². The molecule has 1 aromatic rings. The smallest absolute Gasteiger partial charge is 0.103 e. The van der Waals surface area contributed by atoms with Gasteiger partial charge in [-0.1, -0.05) is 27.2 Å². The van der Waals surface area contributed by atoms with Crippen molar-refractivity contribution in [1.82, 2.24) is 4.98 Å². The summed E-state index contributed by atoms with van der Waals surface area (Å²) in [4.78, 5) is 4.57. The molecule has 0 atom stereocenters. The molecule has 13 heavy (non-hydrogen) atoms. The van der Waals surface area contributed by atoms with E-state index in [4.69, 9.17) is 0 Å². The topological polar surface area (TPSA) is 12.9 Å². The number of nitrogens with zero attached hydrogens (tertiary/aromatic N) is 1. The quantitative estimate of drug-likeness (QED) is 0.742. The fourth-order valence-electron chi connectivity index (χ4n) is 1.02. The highest BCUT2D eigenvalue weighted by Crippen LogP contribution is 2.20. The third kappa shape index (κ3) is 4.14. The monoisotopic (exact) mass is 215 g/mol. The predicted molar refractivity (Wildman–Crippen MR) is 62.5 cm³/mol. The van der Waals surface area contributed by atoms with Gasteiger partial charge in [-0.2, -0.15) is 11.8 Å². The minimum Gasteiger partial charge on any atom is -0.245 e. The van der Waals surface area contributed by atoms with E-state index in [2.05, 4.69) is 31.1 Å². The van der Waals surface area contributed by atoms with E-state index >= 15 is 0 Å². The molecule has 1 heterocycles. The highest BCUT2D eigenvalue weighted by molar-refractivity contribution is 7.99. The predicted octanol–water partition coefficient (Wildman–Crippen LogP) is 3.74. The molecular formula is C10H17NS2. The summed E-state index contributed by atoms with van der Waals surface area (Å²) >= 11 is 3.76. The van der Waals surface area contributed by atoms with Crippen molar-refractivity contribution in [2.45, 2.75) is 44.6 Å². The molecule has 1 aromatic heterocycles. The van der Waals surface area contributed by atoms with Crippen molar-refractivity contribution in [2.75, 3.05) is 0 Å². The molecule has 0 aromatic carbocycles. The Morgan fingerprint density at radius 2 is 2.31 bits per heavy atom. The van der Waals surface area contributed by atoms with Gasteiger partial charge in [0.1, 0.15) is 5.01 Å². The summed E-state index contributed by atoms with van der Waals surface area (Å²) in [6.45, 7) is 6.65. The zero-order chi connectivity index (χ0) is 9.68. The average molecular weight is 215 g/mol. The molecule has 0 radical (unpaired) electrons. The Balaban J connectivity index is 2.39. The second-order valence-electron chi connectivity index (χ2n) is 3.34. The van der Waals surface area contributed by atoms with E-state index in [1.807, 2.05) is 11.8 Å². The third-order valence-electron chi connectivity index (χ3n) is 1.65. The van der Waals surface area contributed by atoms with Crippen molar-refractivity contribution in [2.24, 2.45) is 0 Å².